The Morgan fingerprint density at radius 3 is 2.59 bits per heavy atom. The largest absolute Gasteiger partial charge is 0.493 e. The van der Waals surface area contributed by atoms with Crippen LogP contribution in [0.3, 0.4) is 0 Å². The zero-order valence-corrected chi connectivity index (χ0v) is 19.8. The standard InChI is InChI=1S/C22H32N2O7S/c1-5-31-22(28)16(8-6-15-7-9-18(29-3)19(12-15)30-4)23-14(2)20(25)24-10-11-32-13-17(24)21(26)27/h7,9,12,14,16-17,23H,5-6,8,10-11,13H2,1-4H3,(H,26,27). The van der Waals surface area contributed by atoms with Crippen molar-refractivity contribution in [3.05, 3.63) is 23.8 Å². The van der Waals surface area contributed by atoms with Crippen molar-refractivity contribution in [2.75, 3.05) is 38.9 Å². The van der Waals surface area contributed by atoms with Gasteiger partial charge >= 0.3 is 11.9 Å². The molecule has 0 radical (unpaired) electrons. The highest BCUT2D eigenvalue weighted by atomic mass is 32.2. The molecule has 0 bridgehead atoms. The number of carbonyl (C=O) groups is 3. The summed E-state index contributed by atoms with van der Waals surface area (Å²) in [5.41, 5.74) is 0.941. The number of carboxylic acids is 1. The van der Waals surface area contributed by atoms with E-state index in [1.165, 1.54) is 16.7 Å². The van der Waals surface area contributed by atoms with Crippen LogP contribution >= 0.6 is 11.8 Å². The molecule has 178 valence electrons. The number of nitrogens with zero attached hydrogens (tertiary/aromatic N) is 1. The number of thioether (sulfide) groups is 1. The first kappa shape index (κ1) is 25.8. The first-order valence-corrected chi connectivity index (χ1v) is 11.7. The molecule has 0 saturated carbocycles. The highest BCUT2D eigenvalue weighted by Crippen LogP contribution is 2.28. The van der Waals surface area contributed by atoms with Gasteiger partial charge in [-0.05, 0) is 44.4 Å². The number of aliphatic carboxylic acids is 1. The Labute approximate surface area is 192 Å². The Kier molecular flexibility index (Phi) is 10.1. The van der Waals surface area contributed by atoms with Crippen molar-refractivity contribution in [2.24, 2.45) is 0 Å². The van der Waals surface area contributed by atoms with Gasteiger partial charge in [0.15, 0.2) is 11.5 Å². The van der Waals surface area contributed by atoms with Gasteiger partial charge in [-0.1, -0.05) is 6.07 Å². The van der Waals surface area contributed by atoms with Crippen molar-refractivity contribution in [3.63, 3.8) is 0 Å². The lowest BCUT2D eigenvalue weighted by Gasteiger charge is -2.35. The van der Waals surface area contributed by atoms with E-state index in [0.29, 0.717) is 42.4 Å². The number of carboxylic acid groups (broad SMARTS) is 1. The lowest BCUT2D eigenvalue weighted by Crippen LogP contribution is -2.57. The molecule has 1 amide bonds. The van der Waals surface area contributed by atoms with E-state index in [4.69, 9.17) is 14.2 Å². The van der Waals surface area contributed by atoms with E-state index < -0.39 is 30.1 Å². The fraction of sp³-hybridized carbons (Fsp3) is 0.591. The Morgan fingerprint density at radius 2 is 1.97 bits per heavy atom. The van der Waals surface area contributed by atoms with Gasteiger partial charge in [-0.25, -0.2) is 4.79 Å². The van der Waals surface area contributed by atoms with E-state index in [1.54, 1.807) is 34.1 Å². The number of esters is 1. The number of ether oxygens (including phenoxy) is 3. The van der Waals surface area contributed by atoms with Crippen LogP contribution in [0.1, 0.15) is 25.8 Å². The predicted molar refractivity (Wildman–Crippen MR) is 121 cm³/mol. The highest BCUT2D eigenvalue weighted by molar-refractivity contribution is 7.99. The van der Waals surface area contributed by atoms with Crippen molar-refractivity contribution < 1.29 is 33.7 Å². The molecule has 0 aromatic heterocycles. The van der Waals surface area contributed by atoms with Crippen LogP contribution in [0.15, 0.2) is 18.2 Å². The lowest BCUT2D eigenvalue weighted by molar-refractivity contribution is -0.151. The first-order chi connectivity index (χ1) is 15.3. The SMILES string of the molecule is CCOC(=O)C(CCc1ccc(OC)c(OC)c1)NC(C)C(=O)N1CCSCC1C(=O)O. The molecule has 2 N–H and O–H groups in total. The average molecular weight is 469 g/mol. The molecule has 1 heterocycles. The number of benzene rings is 1. The van der Waals surface area contributed by atoms with E-state index in [1.807, 2.05) is 12.1 Å². The van der Waals surface area contributed by atoms with Gasteiger partial charge < -0.3 is 24.2 Å². The van der Waals surface area contributed by atoms with Gasteiger partial charge in [0.2, 0.25) is 5.91 Å². The fourth-order valence-electron chi connectivity index (χ4n) is 3.55. The zero-order chi connectivity index (χ0) is 23.7. The maximum absolute atomic E-state index is 13.0. The number of carbonyl (C=O) groups excluding carboxylic acids is 2. The van der Waals surface area contributed by atoms with Gasteiger partial charge in [-0.15, -0.1) is 0 Å². The summed E-state index contributed by atoms with van der Waals surface area (Å²) in [6.45, 7) is 3.95. The minimum atomic E-state index is -1.02. The molecule has 1 aliphatic rings. The summed E-state index contributed by atoms with van der Waals surface area (Å²) in [7, 11) is 3.12. The third kappa shape index (κ3) is 6.77. The summed E-state index contributed by atoms with van der Waals surface area (Å²) >= 11 is 1.51. The second-order valence-electron chi connectivity index (χ2n) is 7.38. The van der Waals surface area contributed by atoms with Crippen LogP contribution in [0, 0.1) is 0 Å². The molecule has 1 saturated heterocycles. The molecule has 0 spiro atoms. The Balaban J connectivity index is 2.09. The van der Waals surface area contributed by atoms with Crippen LogP contribution in [0.25, 0.3) is 0 Å². The number of amides is 1. The number of aryl methyl sites for hydroxylation is 1. The number of methoxy groups -OCH3 is 2. The zero-order valence-electron chi connectivity index (χ0n) is 19.0. The summed E-state index contributed by atoms with van der Waals surface area (Å²) in [4.78, 5) is 38.4. The van der Waals surface area contributed by atoms with Crippen LogP contribution in [0.4, 0.5) is 0 Å². The van der Waals surface area contributed by atoms with Crippen LogP contribution < -0.4 is 14.8 Å². The summed E-state index contributed by atoms with van der Waals surface area (Å²) in [5, 5.41) is 12.5. The van der Waals surface area contributed by atoms with Crippen LogP contribution in [0.5, 0.6) is 11.5 Å². The van der Waals surface area contributed by atoms with Gasteiger partial charge in [-0.2, -0.15) is 11.8 Å². The molecule has 9 nitrogen and oxygen atoms in total. The summed E-state index contributed by atoms with van der Waals surface area (Å²) in [6, 6.07) is 3.22. The third-order valence-electron chi connectivity index (χ3n) is 5.26. The molecule has 10 heteroatoms. The Bertz CT molecular complexity index is 804. The average Bonchev–Trinajstić information content (AvgIpc) is 2.80. The van der Waals surface area contributed by atoms with Crippen molar-refractivity contribution >= 4 is 29.6 Å². The van der Waals surface area contributed by atoms with E-state index in [2.05, 4.69) is 5.32 Å². The molecular formula is C22H32N2O7S. The van der Waals surface area contributed by atoms with Gasteiger partial charge in [0.1, 0.15) is 12.1 Å². The van der Waals surface area contributed by atoms with E-state index in [0.717, 1.165) is 5.56 Å². The van der Waals surface area contributed by atoms with Crippen molar-refractivity contribution in [2.45, 2.75) is 44.8 Å². The maximum atomic E-state index is 13.0. The van der Waals surface area contributed by atoms with Crippen molar-refractivity contribution in [1.29, 1.82) is 0 Å². The second-order valence-corrected chi connectivity index (χ2v) is 8.53. The normalized spacial score (nSPS) is 17.9. The number of nitrogens with one attached hydrogen (secondary N) is 1. The molecule has 2 rings (SSSR count). The van der Waals surface area contributed by atoms with E-state index in [-0.39, 0.29) is 12.5 Å². The summed E-state index contributed by atoms with van der Waals surface area (Å²) in [6.07, 6.45) is 0.931. The minimum Gasteiger partial charge on any atom is -0.493 e. The quantitative estimate of drug-likeness (QED) is 0.467. The topological polar surface area (TPSA) is 114 Å². The summed E-state index contributed by atoms with van der Waals surface area (Å²) < 4.78 is 15.8. The number of hydrogen-bond acceptors (Lipinski definition) is 8. The van der Waals surface area contributed by atoms with Crippen LogP contribution in [0.2, 0.25) is 0 Å². The summed E-state index contributed by atoms with van der Waals surface area (Å²) in [5.74, 6) is 0.444. The molecule has 1 aromatic carbocycles. The minimum absolute atomic E-state index is 0.222. The Hall–Kier alpha value is -2.46. The third-order valence-corrected chi connectivity index (χ3v) is 6.28. The number of rotatable bonds is 11. The fourth-order valence-corrected chi connectivity index (χ4v) is 4.59. The molecule has 1 aliphatic heterocycles. The molecule has 3 unspecified atom stereocenters. The molecule has 3 atom stereocenters. The number of hydrogen-bond donors (Lipinski definition) is 2. The van der Waals surface area contributed by atoms with Gasteiger partial charge in [0, 0.05) is 18.1 Å². The Morgan fingerprint density at radius 1 is 1.25 bits per heavy atom. The van der Waals surface area contributed by atoms with Crippen molar-refractivity contribution in [3.8, 4) is 11.5 Å². The molecule has 32 heavy (non-hydrogen) atoms. The molecular weight excluding hydrogens is 436 g/mol. The second kappa shape index (κ2) is 12.5. The van der Waals surface area contributed by atoms with E-state index in [9.17, 15) is 19.5 Å². The molecule has 1 fully saturated rings. The van der Waals surface area contributed by atoms with Gasteiger partial charge in [-0.3, -0.25) is 14.9 Å². The highest BCUT2D eigenvalue weighted by Gasteiger charge is 2.35. The van der Waals surface area contributed by atoms with Gasteiger partial charge in [0.05, 0.1) is 26.9 Å². The van der Waals surface area contributed by atoms with Crippen molar-refractivity contribution in [1.82, 2.24) is 10.2 Å². The molecule has 0 aliphatic carbocycles. The van der Waals surface area contributed by atoms with E-state index >= 15 is 0 Å². The first-order valence-electron chi connectivity index (χ1n) is 10.6. The lowest BCUT2D eigenvalue weighted by atomic mass is 10.0. The van der Waals surface area contributed by atoms with Crippen LogP contribution in [-0.2, 0) is 25.5 Å². The smallest absolute Gasteiger partial charge is 0.327 e. The van der Waals surface area contributed by atoms with Gasteiger partial charge in [0.25, 0.3) is 0 Å². The van der Waals surface area contributed by atoms with Crippen LogP contribution in [-0.4, -0.2) is 84.9 Å². The predicted octanol–water partition coefficient (Wildman–Crippen LogP) is 1.57. The molecule has 1 aromatic rings. The monoisotopic (exact) mass is 468 g/mol. The maximum Gasteiger partial charge on any atom is 0.327 e.